The lowest BCUT2D eigenvalue weighted by molar-refractivity contribution is -0.140. The van der Waals surface area contributed by atoms with Gasteiger partial charge in [-0.3, -0.25) is 0 Å². The van der Waals surface area contributed by atoms with Crippen LogP contribution < -0.4 is 4.90 Å². The Kier molecular flexibility index (Phi) is 10.3. The minimum Gasteiger partial charge on any atom is -0.459 e. The van der Waals surface area contributed by atoms with Gasteiger partial charge in [-0.15, -0.1) is 0 Å². The molecule has 1 fully saturated rings. The number of fused-ring (bicyclic) bond motifs is 1. The van der Waals surface area contributed by atoms with Crippen LogP contribution in [0.15, 0.2) is 42.0 Å². The van der Waals surface area contributed by atoms with Gasteiger partial charge in [0.1, 0.15) is 18.2 Å². The Morgan fingerprint density at radius 3 is 2.29 bits per heavy atom. The standard InChI is InChI=1S/C26H33N3O5/c1-28-7-9-29(10-8-28)25-6-5-22-17-21(3-4-23(22)19-25)18-24(20-27)26(30)34-16-15-33-14-13-32-12-11-31-2/h3-6,17-19H,7-16H2,1-2H3/b24-18+. The molecule has 1 aliphatic heterocycles. The molecule has 0 N–H and O–H groups in total. The first-order valence-corrected chi connectivity index (χ1v) is 11.5. The molecule has 182 valence electrons. The molecule has 1 aliphatic rings. The number of hydrogen-bond donors (Lipinski definition) is 0. The summed E-state index contributed by atoms with van der Waals surface area (Å²) in [5.74, 6) is -0.659. The second-order valence-electron chi connectivity index (χ2n) is 8.10. The quantitative estimate of drug-likeness (QED) is 0.204. The zero-order valence-corrected chi connectivity index (χ0v) is 20.0. The van der Waals surface area contributed by atoms with Gasteiger partial charge in [-0.25, -0.2) is 4.79 Å². The van der Waals surface area contributed by atoms with E-state index in [0.29, 0.717) is 26.4 Å². The van der Waals surface area contributed by atoms with Crippen molar-refractivity contribution in [2.24, 2.45) is 0 Å². The number of esters is 1. The molecule has 1 saturated heterocycles. The Morgan fingerprint density at radius 2 is 1.59 bits per heavy atom. The summed E-state index contributed by atoms with van der Waals surface area (Å²) in [5.41, 5.74) is 1.95. The number of anilines is 1. The lowest BCUT2D eigenvalue weighted by atomic mass is 10.0. The highest BCUT2D eigenvalue weighted by molar-refractivity contribution is 5.98. The Bertz CT molecular complexity index is 1010. The van der Waals surface area contributed by atoms with Crippen molar-refractivity contribution in [3.63, 3.8) is 0 Å². The topological polar surface area (TPSA) is 84.3 Å². The molecular weight excluding hydrogens is 434 g/mol. The smallest absolute Gasteiger partial charge is 0.348 e. The number of carbonyl (C=O) groups excluding carboxylic acids is 1. The number of benzene rings is 2. The van der Waals surface area contributed by atoms with Crippen LogP contribution in [0.3, 0.4) is 0 Å². The predicted octanol–water partition coefficient (Wildman–Crippen LogP) is 2.72. The van der Waals surface area contributed by atoms with Crippen LogP contribution in [0.4, 0.5) is 5.69 Å². The van der Waals surface area contributed by atoms with Gasteiger partial charge in [-0.2, -0.15) is 5.26 Å². The van der Waals surface area contributed by atoms with Crippen molar-refractivity contribution in [3.8, 4) is 6.07 Å². The van der Waals surface area contributed by atoms with Gasteiger partial charge in [0.25, 0.3) is 0 Å². The number of ether oxygens (including phenoxy) is 4. The summed E-state index contributed by atoms with van der Waals surface area (Å²) >= 11 is 0. The van der Waals surface area contributed by atoms with Gasteiger partial charge >= 0.3 is 5.97 Å². The Hall–Kier alpha value is -2.96. The molecule has 3 rings (SSSR count). The van der Waals surface area contributed by atoms with Gasteiger partial charge in [-0.05, 0) is 47.7 Å². The highest BCUT2D eigenvalue weighted by Gasteiger charge is 2.15. The molecule has 2 aromatic rings. The predicted molar refractivity (Wildman–Crippen MR) is 132 cm³/mol. The van der Waals surface area contributed by atoms with Gasteiger partial charge in [0.2, 0.25) is 0 Å². The maximum atomic E-state index is 12.3. The summed E-state index contributed by atoms with van der Waals surface area (Å²) in [6, 6.07) is 14.2. The van der Waals surface area contributed by atoms with E-state index in [-0.39, 0.29) is 18.8 Å². The molecule has 0 saturated carbocycles. The largest absolute Gasteiger partial charge is 0.459 e. The van der Waals surface area contributed by atoms with Crippen LogP contribution in [0, 0.1) is 11.3 Å². The summed E-state index contributed by atoms with van der Waals surface area (Å²) in [6.07, 6.45) is 1.56. The van der Waals surface area contributed by atoms with Crippen molar-refractivity contribution >= 4 is 28.5 Å². The highest BCUT2D eigenvalue weighted by Crippen LogP contribution is 2.25. The van der Waals surface area contributed by atoms with Crippen LogP contribution in [-0.2, 0) is 23.7 Å². The van der Waals surface area contributed by atoms with Gasteiger partial charge in [0.05, 0.1) is 33.0 Å². The van der Waals surface area contributed by atoms with E-state index in [4.69, 9.17) is 18.9 Å². The lowest BCUT2D eigenvalue weighted by Crippen LogP contribution is -2.44. The van der Waals surface area contributed by atoms with E-state index < -0.39 is 5.97 Å². The molecule has 8 heteroatoms. The van der Waals surface area contributed by atoms with Crippen LogP contribution in [0.1, 0.15) is 5.56 Å². The molecule has 0 amide bonds. The number of nitriles is 1. The van der Waals surface area contributed by atoms with Crippen LogP contribution in [0.5, 0.6) is 0 Å². The molecule has 2 aromatic carbocycles. The summed E-state index contributed by atoms with van der Waals surface area (Å²) in [4.78, 5) is 17.0. The monoisotopic (exact) mass is 467 g/mol. The number of likely N-dealkylation sites (N-methyl/N-ethyl adjacent to an activating group) is 1. The SMILES string of the molecule is COCCOCCOCCOC(=O)/C(C#N)=C/c1ccc2cc(N3CCN(C)CC3)ccc2c1. The molecule has 8 nitrogen and oxygen atoms in total. The van der Waals surface area contributed by atoms with Gasteiger partial charge < -0.3 is 28.7 Å². The fourth-order valence-electron chi connectivity index (χ4n) is 3.64. The van der Waals surface area contributed by atoms with Gasteiger partial charge in [-0.1, -0.05) is 18.2 Å². The fourth-order valence-corrected chi connectivity index (χ4v) is 3.64. The first kappa shape index (κ1) is 25.7. The second kappa shape index (κ2) is 13.7. The zero-order valence-electron chi connectivity index (χ0n) is 20.0. The summed E-state index contributed by atoms with van der Waals surface area (Å²) in [7, 11) is 3.76. The average Bonchev–Trinajstić information content (AvgIpc) is 2.86. The summed E-state index contributed by atoms with van der Waals surface area (Å²) in [5, 5.41) is 11.6. The third-order valence-electron chi connectivity index (χ3n) is 5.63. The maximum Gasteiger partial charge on any atom is 0.348 e. The fraction of sp³-hybridized carbons (Fsp3) is 0.462. The van der Waals surface area contributed by atoms with Gasteiger partial charge in [0, 0.05) is 39.0 Å². The lowest BCUT2D eigenvalue weighted by Gasteiger charge is -2.34. The van der Waals surface area contributed by atoms with Crippen LogP contribution in [-0.4, -0.2) is 90.8 Å². The number of nitrogens with zero attached hydrogens (tertiary/aromatic N) is 3. The van der Waals surface area contributed by atoms with Crippen molar-refractivity contribution in [2.75, 3.05) is 84.9 Å². The third-order valence-corrected chi connectivity index (χ3v) is 5.63. The van der Waals surface area contributed by atoms with E-state index in [1.165, 1.54) is 5.69 Å². The number of piperazine rings is 1. The Morgan fingerprint density at radius 1 is 0.941 bits per heavy atom. The number of methoxy groups -OCH3 is 1. The normalized spacial score (nSPS) is 14.9. The number of carbonyl (C=O) groups is 1. The summed E-state index contributed by atoms with van der Waals surface area (Å²) < 4.78 is 20.7. The first-order valence-electron chi connectivity index (χ1n) is 11.5. The minimum atomic E-state index is -0.659. The Labute approximate surface area is 201 Å². The van der Waals surface area contributed by atoms with E-state index in [2.05, 4.69) is 35.0 Å². The van der Waals surface area contributed by atoms with Crippen LogP contribution >= 0.6 is 0 Å². The third kappa shape index (κ3) is 7.82. The second-order valence-corrected chi connectivity index (χ2v) is 8.10. The van der Waals surface area contributed by atoms with Crippen LogP contribution in [0.25, 0.3) is 16.8 Å². The number of rotatable bonds is 12. The van der Waals surface area contributed by atoms with Crippen molar-refractivity contribution in [2.45, 2.75) is 0 Å². The highest BCUT2D eigenvalue weighted by atomic mass is 16.6. The van der Waals surface area contributed by atoms with Gasteiger partial charge in [0.15, 0.2) is 0 Å². The van der Waals surface area contributed by atoms with Crippen molar-refractivity contribution < 1.29 is 23.7 Å². The molecule has 0 bridgehead atoms. The van der Waals surface area contributed by atoms with Crippen molar-refractivity contribution in [1.82, 2.24) is 4.90 Å². The maximum absolute atomic E-state index is 12.3. The molecule has 1 heterocycles. The molecule has 0 aromatic heterocycles. The van der Waals surface area contributed by atoms with E-state index in [9.17, 15) is 10.1 Å². The molecule has 34 heavy (non-hydrogen) atoms. The summed E-state index contributed by atoms with van der Waals surface area (Å²) in [6.45, 7) is 6.36. The minimum absolute atomic E-state index is 0.0451. The van der Waals surface area contributed by atoms with E-state index in [1.807, 2.05) is 24.3 Å². The van der Waals surface area contributed by atoms with Crippen molar-refractivity contribution in [3.05, 3.63) is 47.5 Å². The van der Waals surface area contributed by atoms with Crippen molar-refractivity contribution in [1.29, 1.82) is 5.26 Å². The number of hydrogen-bond acceptors (Lipinski definition) is 8. The zero-order chi connectivity index (χ0) is 24.2. The Balaban J connectivity index is 1.51. The van der Waals surface area contributed by atoms with Crippen LogP contribution in [0.2, 0.25) is 0 Å². The average molecular weight is 468 g/mol. The van der Waals surface area contributed by atoms with E-state index >= 15 is 0 Å². The molecule has 0 atom stereocenters. The molecule has 0 radical (unpaired) electrons. The molecule has 0 unspecified atom stereocenters. The molecule has 0 spiro atoms. The molecular formula is C26H33N3O5. The van der Waals surface area contributed by atoms with E-state index in [1.54, 1.807) is 13.2 Å². The first-order chi connectivity index (χ1) is 16.6. The molecule has 0 aliphatic carbocycles. The van der Waals surface area contributed by atoms with E-state index in [0.717, 1.165) is 42.5 Å².